The van der Waals surface area contributed by atoms with E-state index in [1.807, 2.05) is 17.8 Å². The van der Waals surface area contributed by atoms with Gasteiger partial charge in [-0.25, -0.2) is 4.98 Å². The molecule has 2 N–H and O–H groups in total. The Morgan fingerprint density at radius 3 is 3.00 bits per heavy atom. The number of anilines is 1. The van der Waals surface area contributed by atoms with Gasteiger partial charge in [0.05, 0.1) is 24.2 Å². The Bertz CT molecular complexity index is 589. The lowest BCUT2D eigenvalue weighted by Crippen LogP contribution is -2.35. The third kappa shape index (κ3) is 1.54. The van der Waals surface area contributed by atoms with Gasteiger partial charge in [0.25, 0.3) is 5.91 Å². The molecule has 2 aromatic rings. The smallest absolute Gasteiger partial charge is 0.254 e. The van der Waals surface area contributed by atoms with Gasteiger partial charge in [-0.3, -0.25) is 9.78 Å². The molecule has 17 heavy (non-hydrogen) atoms. The van der Waals surface area contributed by atoms with Crippen molar-refractivity contribution in [2.45, 2.75) is 0 Å². The Labute approximate surface area is 97.7 Å². The highest BCUT2D eigenvalue weighted by Crippen LogP contribution is 2.28. The third-order valence-corrected chi connectivity index (χ3v) is 2.66. The molecule has 0 bridgehead atoms. The topological polar surface area (TPSA) is 71.8 Å². The maximum Gasteiger partial charge on any atom is 0.254 e. The minimum Gasteiger partial charge on any atom is -0.365 e. The number of imidazole rings is 1. The Hall–Kier alpha value is -2.37. The molecule has 1 amide bonds. The van der Waals surface area contributed by atoms with Crippen LogP contribution < -0.4 is 10.6 Å². The van der Waals surface area contributed by atoms with E-state index in [1.165, 1.54) is 0 Å². The minimum atomic E-state index is -0.0849. The Morgan fingerprint density at radius 1 is 1.35 bits per heavy atom. The summed E-state index contributed by atoms with van der Waals surface area (Å²) in [6, 6.07) is 1.70. The van der Waals surface area contributed by atoms with Crippen LogP contribution in [0.3, 0.4) is 0 Å². The summed E-state index contributed by atoms with van der Waals surface area (Å²) in [5, 5.41) is 5.84. The molecule has 86 valence electrons. The second-order valence-electron chi connectivity index (χ2n) is 3.87. The number of pyridine rings is 1. The lowest BCUT2D eigenvalue weighted by Gasteiger charge is -2.19. The SMILES string of the molecule is Cn1cnc(-c2nccc3c2NCNC3=O)c1. The molecule has 0 fully saturated rings. The van der Waals surface area contributed by atoms with Crippen LogP contribution in [0.15, 0.2) is 24.8 Å². The van der Waals surface area contributed by atoms with Crippen molar-refractivity contribution >= 4 is 11.6 Å². The number of nitrogens with zero attached hydrogens (tertiary/aromatic N) is 3. The molecule has 3 rings (SSSR count). The Morgan fingerprint density at radius 2 is 2.24 bits per heavy atom. The Balaban J connectivity index is 2.18. The zero-order chi connectivity index (χ0) is 11.8. The van der Waals surface area contributed by atoms with Crippen molar-refractivity contribution in [2.75, 3.05) is 12.0 Å². The summed E-state index contributed by atoms with van der Waals surface area (Å²) in [7, 11) is 1.89. The molecule has 0 spiro atoms. The van der Waals surface area contributed by atoms with E-state index < -0.39 is 0 Å². The zero-order valence-electron chi connectivity index (χ0n) is 9.27. The number of aryl methyl sites for hydroxylation is 1. The van der Waals surface area contributed by atoms with Crippen LogP contribution in [0.1, 0.15) is 10.4 Å². The van der Waals surface area contributed by atoms with Crippen molar-refractivity contribution in [2.24, 2.45) is 7.05 Å². The number of rotatable bonds is 1. The van der Waals surface area contributed by atoms with Crippen LogP contribution in [-0.4, -0.2) is 27.1 Å². The number of hydrogen-bond donors (Lipinski definition) is 2. The van der Waals surface area contributed by atoms with Crippen molar-refractivity contribution in [3.8, 4) is 11.4 Å². The van der Waals surface area contributed by atoms with E-state index in [9.17, 15) is 4.79 Å². The number of hydrogen-bond acceptors (Lipinski definition) is 4. The molecule has 1 aliphatic rings. The quantitative estimate of drug-likeness (QED) is 0.751. The van der Waals surface area contributed by atoms with E-state index in [0.29, 0.717) is 17.9 Å². The van der Waals surface area contributed by atoms with Crippen LogP contribution >= 0.6 is 0 Å². The second kappa shape index (κ2) is 3.58. The van der Waals surface area contributed by atoms with Gasteiger partial charge >= 0.3 is 0 Å². The van der Waals surface area contributed by atoms with Crippen LogP contribution in [0.4, 0.5) is 5.69 Å². The van der Waals surface area contributed by atoms with Gasteiger partial charge in [-0.15, -0.1) is 0 Å². The van der Waals surface area contributed by atoms with Gasteiger partial charge in [-0.2, -0.15) is 0 Å². The number of fused-ring (bicyclic) bond motifs is 1. The summed E-state index contributed by atoms with van der Waals surface area (Å²) in [4.78, 5) is 20.2. The van der Waals surface area contributed by atoms with E-state index in [1.54, 1.807) is 18.6 Å². The van der Waals surface area contributed by atoms with Crippen molar-refractivity contribution in [3.05, 3.63) is 30.4 Å². The number of aromatic nitrogens is 3. The number of carbonyl (C=O) groups excluding carboxylic acids is 1. The van der Waals surface area contributed by atoms with E-state index in [0.717, 1.165) is 11.4 Å². The normalized spacial score (nSPS) is 13.8. The highest BCUT2D eigenvalue weighted by Gasteiger charge is 2.21. The Kier molecular flexibility index (Phi) is 2.07. The number of amides is 1. The minimum absolute atomic E-state index is 0.0849. The average Bonchev–Trinajstić information content (AvgIpc) is 2.76. The predicted molar refractivity (Wildman–Crippen MR) is 62.4 cm³/mol. The second-order valence-corrected chi connectivity index (χ2v) is 3.87. The van der Waals surface area contributed by atoms with Gasteiger partial charge in [-0.1, -0.05) is 0 Å². The van der Waals surface area contributed by atoms with Gasteiger partial charge in [0, 0.05) is 19.4 Å². The molecule has 2 aromatic heterocycles. The zero-order valence-corrected chi connectivity index (χ0v) is 9.27. The van der Waals surface area contributed by atoms with Crippen LogP contribution in [-0.2, 0) is 7.05 Å². The molecule has 6 nitrogen and oxygen atoms in total. The summed E-state index contributed by atoms with van der Waals surface area (Å²) >= 11 is 0. The average molecular weight is 229 g/mol. The molecule has 6 heteroatoms. The van der Waals surface area contributed by atoms with Gasteiger partial charge in [0.1, 0.15) is 11.4 Å². The summed E-state index contributed by atoms with van der Waals surface area (Å²) in [5.74, 6) is -0.0849. The van der Waals surface area contributed by atoms with Crippen LogP contribution in [0.5, 0.6) is 0 Å². The van der Waals surface area contributed by atoms with Crippen LogP contribution in [0.2, 0.25) is 0 Å². The lowest BCUT2D eigenvalue weighted by atomic mass is 10.1. The third-order valence-electron chi connectivity index (χ3n) is 2.66. The molecule has 0 aliphatic carbocycles. The van der Waals surface area contributed by atoms with Crippen LogP contribution in [0, 0.1) is 0 Å². The van der Waals surface area contributed by atoms with E-state index >= 15 is 0 Å². The van der Waals surface area contributed by atoms with Gasteiger partial charge < -0.3 is 15.2 Å². The maximum absolute atomic E-state index is 11.7. The monoisotopic (exact) mass is 229 g/mol. The summed E-state index contributed by atoms with van der Waals surface area (Å²) in [6.45, 7) is 0.414. The van der Waals surface area contributed by atoms with Crippen molar-refractivity contribution in [1.82, 2.24) is 19.9 Å². The van der Waals surface area contributed by atoms with Gasteiger partial charge in [-0.05, 0) is 6.07 Å². The molecule has 0 saturated heterocycles. The molecule has 0 radical (unpaired) electrons. The van der Waals surface area contributed by atoms with Crippen molar-refractivity contribution in [3.63, 3.8) is 0 Å². The van der Waals surface area contributed by atoms with Gasteiger partial charge in [0.15, 0.2) is 0 Å². The molecule has 0 unspecified atom stereocenters. The first-order valence-corrected chi connectivity index (χ1v) is 5.25. The fraction of sp³-hybridized carbons (Fsp3) is 0.182. The highest BCUT2D eigenvalue weighted by molar-refractivity contribution is 6.03. The van der Waals surface area contributed by atoms with Crippen molar-refractivity contribution in [1.29, 1.82) is 0 Å². The number of carbonyl (C=O) groups is 1. The predicted octanol–water partition coefficient (Wildman–Crippen LogP) is 0.595. The standard InChI is InChI=1S/C11H11N5O/c1-16-4-8(15-6-16)10-9-7(2-3-12-10)11(17)14-5-13-9/h2-4,6,13H,5H2,1H3,(H,14,17). The van der Waals surface area contributed by atoms with Crippen LogP contribution in [0.25, 0.3) is 11.4 Å². The molecule has 1 aliphatic heterocycles. The lowest BCUT2D eigenvalue weighted by molar-refractivity contribution is 0.0953. The first kappa shape index (κ1) is 9.83. The summed E-state index contributed by atoms with van der Waals surface area (Å²) < 4.78 is 1.85. The van der Waals surface area contributed by atoms with Gasteiger partial charge in [0.2, 0.25) is 0 Å². The first-order chi connectivity index (χ1) is 8.25. The fourth-order valence-corrected chi connectivity index (χ4v) is 1.87. The number of nitrogens with one attached hydrogen (secondary N) is 2. The fourth-order valence-electron chi connectivity index (χ4n) is 1.87. The molecule has 3 heterocycles. The summed E-state index contributed by atoms with van der Waals surface area (Å²) in [6.07, 6.45) is 5.20. The largest absolute Gasteiger partial charge is 0.365 e. The molecule has 0 saturated carbocycles. The molecular formula is C11H11N5O. The van der Waals surface area contributed by atoms with Crippen molar-refractivity contribution < 1.29 is 4.79 Å². The van der Waals surface area contributed by atoms with E-state index in [-0.39, 0.29) is 5.91 Å². The summed E-state index contributed by atoms with van der Waals surface area (Å²) in [5.41, 5.74) is 2.81. The maximum atomic E-state index is 11.7. The molecule has 0 atom stereocenters. The molecule has 0 aromatic carbocycles. The van der Waals surface area contributed by atoms with E-state index in [4.69, 9.17) is 0 Å². The highest BCUT2D eigenvalue weighted by atomic mass is 16.1. The van der Waals surface area contributed by atoms with E-state index in [2.05, 4.69) is 20.6 Å². The molecular weight excluding hydrogens is 218 g/mol. The first-order valence-electron chi connectivity index (χ1n) is 5.25.